The quantitative estimate of drug-likeness (QED) is 0.240. The number of hydrogen-bond donors (Lipinski definition) is 1. The lowest BCUT2D eigenvalue weighted by molar-refractivity contribution is 0.0981. The van der Waals surface area contributed by atoms with Crippen LogP contribution in [-0.2, 0) is 10.0 Å². The van der Waals surface area contributed by atoms with E-state index >= 15 is 0 Å². The summed E-state index contributed by atoms with van der Waals surface area (Å²) in [5, 5.41) is 0.953. The van der Waals surface area contributed by atoms with Crippen LogP contribution in [0.1, 0.15) is 55.8 Å². The van der Waals surface area contributed by atoms with Crippen LogP contribution in [0.4, 0.5) is 0 Å². The number of unbranched alkanes of at least 4 members (excludes halogenated alkanes) is 5. The maximum Gasteiger partial charge on any atom is 0.264 e. The molecule has 0 bridgehead atoms. The van der Waals surface area contributed by atoms with E-state index in [-0.39, 0.29) is 11.3 Å². The first-order chi connectivity index (χ1) is 16.8. The predicted molar refractivity (Wildman–Crippen MR) is 143 cm³/mol. The van der Waals surface area contributed by atoms with Crippen molar-refractivity contribution in [2.24, 2.45) is 0 Å². The third-order valence-corrected chi connectivity index (χ3v) is 7.32. The van der Waals surface area contributed by atoms with E-state index in [0.29, 0.717) is 28.0 Å². The third-order valence-electron chi connectivity index (χ3n) is 5.47. The number of benzene rings is 3. The maximum atomic E-state index is 12.4. The van der Waals surface area contributed by atoms with E-state index in [1.807, 2.05) is 24.3 Å². The van der Waals surface area contributed by atoms with Crippen LogP contribution < -0.4 is 9.46 Å². The number of carbonyl (C=O) groups is 1. The summed E-state index contributed by atoms with van der Waals surface area (Å²) >= 11 is 12.1. The molecule has 3 aromatic carbocycles. The number of halogens is 2. The molecular formula is C27H29Cl2NO4S. The van der Waals surface area contributed by atoms with E-state index in [1.165, 1.54) is 0 Å². The van der Waals surface area contributed by atoms with Crippen LogP contribution in [-0.4, -0.2) is 20.1 Å². The van der Waals surface area contributed by atoms with Gasteiger partial charge in [0.05, 0.1) is 10.8 Å². The van der Waals surface area contributed by atoms with Crippen LogP contribution in [0.2, 0.25) is 10.0 Å². The number of sulfonamides is 1. The Hall–Kier alpha value is -2.54. The van der Waals surface area contributed by atoms with Crippen LogP contribution in [0.5, 0.6) is 11.5 Å². The highest BCUT2D eigenvalue weighted by atomic mass is 35.5. The lowest BCUT2D eigenvalue weighted by atomic mass is 10.0. The lowest BCUT2D eigenvalue weighted by Crippen LogP contribution is -2.32. The van der Waals surface area contributed by atoms with Gasteiger partial charge in [0, 0.05) is 10.6 Å². The Kier molecular flexibility index (Phi) is 10.0. The van der Waals surface area contributed by atoms with Gasteiger partial charge in [-0.05, 0) is 60.0 Å². The van der Waals surface area contributed by atoms with E-state index < -0.39 is 15.9 Å². The number of nitrogens with one attached hydrogen (secondary N) is 1. The average molecular weight is 535 g/mol. The summed E-state index contributed by atoms with van der Waals surface area (Å²) in [6.45, 7) is 2.14. The molecule has 0 aliphatic rings. The molecule has 0 aliphatic heterocycles. The molecule has 186 valence electrons. The number of hydrogen-bond acceptors (Lipinski definition) is 4. The fourth-order valence-electron chi connectivity index (χ4n) is 3.54. The highest BCUT2D eigenvalue weighted by Crippen LogP contribution is 2.32. The van der Waals surface area contributed by atoms with Gasteiger partial charge in [-0.3, -0.25) is 4.79 Å². The van der Waals surface area contributed by atoms with E-state index in [0.717, 1.165) is 43.2 Å². The molecule has 35 heavy (non-hydrogen) atoms. The van der Waals surface area contributed by atoms with Crippen molar-refractivity contribution in [1.82, 2.24) is 4.72 Å². The molecule has 0 aromatic heterocycles. The molecule has 0 saturated heterocycles. The van der Waals surface area contributed by atoms with Crippen LogP contribution in [0.3, 0.4) is 0 Å². The van der Waals surface area contributed by atoms with Crippen molar-refractivity contribution >= 4 is 39.1 Å². The molecule has 0 fully saturated rings. The van der Waals surface area contributed by atoms with E-state index in [1.54, 1.807) is 42.5 Å². The molecule has 0 unspecified atom stereocenters. The first-order valence-corrected chi connectivity index (χ1v) is 14.1. The Morgan fingerprint density at radius 2 is 1.43 bits per heavy atom. The second-order valence-electron chi connectivity index (χ2n) is 8.30. The van der Waals surface area contributed by atoms with Crippen LogP contribution in [0.25, 0.3) is 11.1 Å². The SMILES string of the molecule is CCCCCCCCS(=O)(=O)NC(=O)c1ccc(-c2ccc(Oc3ccc(Cl)cc3Cl)cc2)cc1. The molecule has 1 amide bonds. The number of ether oxygens (including phenoxy) is 1. The smallest absolute Gasteiger partial charge is 0.264 e. The third kappa shape index (κ3) is 8.57. The Labute approximate surface area is 217 Å². The molecule has 3 aromatic rings. The van der Waals surface area contributed by atoms with Gasteiger partial charge in [-0.25, -0.2) is 13.1 Å². The summed E-state index contributed by atoms with van der Waals surface area (Å²) < 4.78 is 32.4. The molecule has 5 nitrogen and oxygen atoms in total. The molecule has 0 heterocycles. The normalized spacial score (nSPS) is 11.3. The summed E-state index contributed by atoms with van der Waals surface area (Å²) in [6, 6.07) is 19.2. The highest BCUT2D eigenvalue weighted by molar-refractivity contribution is 7.90. The van der Waals surface area contributed by atoms with Crippen molar-refractivity contribution in [2.45, 2.75) is 45.4 Å². The summed E-state index contributed by atoms with van der Waals surface area (Å²) in [5.41, 5.74) is 2.09. The lowest BCUT2D eigenvalue weighted by Gasteiger charge is -2.10. The average Bonchev–Trinajstić information content (AvgIpc) is 2.83. The van der Waals surface area contributed by atoms with Gasteiger partial charge in [-0.1, -0.05) is 86.5 Å². The van der Waals surface area contributed by atoms with Crippen molar-refractivity contribution in [3.05, 3.63) is 82.3 Å². The highest BCUT2D eigenvalue weighted by Gasteiger charge is 2.16. The van der Waals surface area contributed by atoms with Gasteiger partial charge >= 0.3 is 0 Å². The second-order valence-corrected chi connectivity index (χ2v) is 11.0. The molecule has 3 rings (SSSR count). The Morgan fingerprint density at radius 3 is 2.06 bits per heavy atom. The van der Waals surface area contributed by atoms with Gasteiger partial charge in [0.1, 0.15) is 11.5 Å². The molecule has 8 heteroatoms. The molecule has 1 N–H and O–H groups in total. The number of carbonyl (C=O) groups excluding carboxylic acids is 1. The van der Waals surface area contributed by atoms with Gasteiger partial charge in [-0.15, -0.1) is 0 Å². The summed E-state index contributed by atoms with van der Waals surface area (Å²) in [7, 11) is -3.65. The van der Waals surface area contributed by atoms with Crippen LogP contribution in [0, 0.1) is 0 Å². The van der Waals surface area contributed by atoms with Crippen molar-refractivity contribution < 1.29 is 17.9 Å². The summed E-state index contributed by atoms with van der Waals surface area (Å²) in [5.74, 6) is 0.458. The fourth-order valence-corrected chi connectivity index (χ4v) is 5.07. The molecule has 0 saturated carbocycles. The molecule has 0 spiro atoms. The zero-order valence-corrected chi connectivity index (χ0v) is 21.9. The van der Waals surface area contributed by atoms with E-state index in [4.69, 9.17) is 27.9 Å². The zero-order valence-electron chi connectivity index (χ0n) is 19.6. The molecule has 0 atom stereocenters. The van der Waals surface area contributed by atoms with Crippen molar-refractivity contribution in [3.63, 3.8) is 0 Å². The van der Waals surface area contributed by atoms with E-state index in [9.17, 15) is 13.2 Å². The monoisotopic (exact) mass is 533 g/mol. The number of rotatable bonds is 12. The molecular weight excluding hydrogens is 505 g/mol. The topological polar surface area (TPSA) is 72.5 Å². The van der Waals surface area contributed by atoms with Crippen molar-refractivity contribution in [2.75, 3.05) is 5.75 Å². The summed E-state index contributed by atoms with van der Waals surface area (Å²) in [4.78, 5) is 12.4. The minimum atomic E-state index is -3.65. The Bertz CT molecular complexity index is 1230. The van der Waals surface area contributed by atoms with Gasteiger partial charge in [-0.2, -0.15) is 0 Å². The largest absolute Gasteiger partial charge is 0.456 e. The molecule has 0 aliphatic carbocycles. The van der Waals surface area contributed by atoms with Gasteiger partial charge < -0.3 is 4.74 Å². The second kappa shape index (κ2) is 13.0. The zero-order chi connectivity index (χ0) is 25.3. The van der Waals surface area contributed by atoms with E-state index in [2.05, 4.69) is 11.6 Å². The summed E-state index contributed by atoms with van der Waals surface area (Å²) in [6.07, 6.45) is 5.83. The van der Waals surface area contributed by atoms with Gasteiger partial charge in [0.2, 0.25) is 10.0 Å². The van der Waals surface area contributed by atoms with Gasteiger partial charge in [0.15, 0.2) is 0 Å². The first kappa shape index (κ1) is 27.1. The Morgan fingerprint density at radius 1 is 0.829 bits per heavy atom. The van der Waals surface area contributed by atoms with Crippen molar-refractivity contribution in [1.29, 1.82) is 0 Å². The Balaban J connectivity index is 1.55. The van der Waals surface area contributed by atoms with Crippen LogP contribution >= 0.6 is 23.2 Å². The standard InChI is InChI=1S/C27H29Cl2NO4S/c1-2-3-4-5-6-7-18-35(32,33)30-27(31)22-10-8-20(9-11-22)21-12-15-24(16-13-21)34-26-17-14-23(28)19-25(26)29/h8-17,19H,2-7,18H2,1H3,(H,30,31). The van der Waals surface area contributed by atoms with Gasteiger partial charge in [0.25, 0.3) is 5.91 Å². The first-order valence-electron chi connectivity index (χ1n) is 11.7. The molecule has 0 radical (unpaired) electrons. The fraction of sp³-hybridized carbons (Fsp3) is 0.296. The number of amides is 1. The minimum absolute atomic E-state index is 0.0431. The predicted octanol–water partition coefficient (Wildman–Crippen LogP) is 7.87. The minimum Gasteiger partial charge on any atom is -0.456 e. The maximum absolute atomic E-state index is 12.4. The van der Waals surface area contributed by atoms with Crippen LogP contribution in [0.15, 0.2) is 66.7 Å². The van der Waals surface area contributed by atoms with Crippen molar-refractivity contribution in [3.8, 4) is 22.6 Å².